The third-order valence-electron chi connectivity index (χ3n) is 2.31. The minimum Gasteiger partial charge on any atom is -0.480 e. The first-order valence-corrected chi connectivity index (χ1v) is 6.24. The second-order valence-corrected chi connectivity index (χ2v) is 5.59. The van der Waals surface area contributed by atoms with Gasteiger partial charge in [-0.05, 0) is 49.9 Å². The minimum atomic E-state index is -4.39. The van der Waals surface area contributed by atoms with E-state index in [4.69, 9.17) is 5.11 Å². The van der Waals surface area contributed by atoms with Gasteiger partial charge < -0.3 is 10.4 Å². The van der Waals surface area contributed by atoms with Gasteiger partial charge in [0.15, 0.2) is 0 Å². The number of rotatable bonds is 4. The van der Waals surface area contributed by atoms with Gasteiger partial charge in [-0.15, -0.1) is 0 Å². The molecule has 0 spiro atoms. The Labute approximate surface area is 117 Å². The van der Waals surface area contributed by atoms with Crippen molar-refractivity contribution in [2.24, 2.45) is 0 Å². The van der Waals surface area contributed by atoms with E-state index in [2.05, 4.69) is 5.32 Å². The molecule has 20 heavy (non-hydrogen) atoms. The zero-order valence-corrected chi connectivity index (χ0v) is 11.4. The van der Waals surface area contributed by atoms with Crippen molar-refractivity contribution in [2.75, 3.05) is 0 Å². The van der Waals surface area contributed by atoms with Crippen LogP contribution in [-0.4, -0.2) is 28.0 Å². The molecule has 4 nitrogen and oxygen atoms in total. The molecular formula is C12H12F3NO3S. The summed E-state index contributed by atoms with van der Waals surface area (Å²) >= 11 is -0.287. The van der Waals surface area contributed by atoms with Gasteiger partial charge in [0.25, 0.3) is 5.91 Å². The third kappa shape index (κ3) is 4.76. The highest BCUT2D eigenvalue weighted by atomic mass is 32.2. The summed E-state index contributed by atoms with van der Waals surface area (Å²) in [5.74, 6) is -1.88. The predicted molar refractivity (Wildman–Crippen MR) is 67.5 cm³/mol. The van der Waals surface area contributed by atoms with Gasteiger partial charge in [0.2, 0.25) is 0 Å². The van der Waals surface area contributed by atoms with Crippen molar-refractivity contribution in [1.82, 2.24) is 5.32 Å². The van der Waals surface area contributed by atoms with E-state index in [0.717, 1.165) is 12.1 Å². The molecule has 0 aliphatic carbocycles. The van der Waals surface area contributed by atoms with E-state index in [-0.39, 0.29) is 22.2 Å². The van der Waals surface area contributed by atoms with Crippen LogP contribution in [0.15, 0.2) is 29.2 Å². The van der Waals surface area contributed by atoms with Crippen LogP contribution in [0.25, 0.3) is 0 Å². The van der Waals surface area contributed by atoms with Crippen LogP contribution < -0.4 is 5.32 Å². The van der Waals surface area contributed by atoms with E-state index in [1.54, 1.807) is 0 Å². The van der Waals surface area contributed by atoms with Crippen molar-refractivity contribution in [3.63, 3.8) is 0 Å². The molecule has 1 amide bonds. The second kappa shape index (κ2) is 5.74. The van der Waals surface area contributed by atoms with Gasteiger partial charge in [-0.25, -0.2) is 4.79 Å². The molecule has 0 radical (unpaired) electrons. The highest BCUT2D eigenvalue weighted by Crippen LogP contribution is 2.36. The number of carboxylic acids is 1. The van der Waals surface area contributed by atoms with Gasteiger partial charge >= 0.3 is 11.5 Å². The summed E-state index contributed by atoms with van der Waals surface area (Å²) in [5, 5.41) is 11.1. The third-order valence-corrected chi connectivity index (χ3v) is 3.05. The summed E-state index contributed by atoms with van der Waals surface area (Å²) in [5.41, 5.74) is -5.77. The smallest absolute Gasteiger partial charge is 0.446 e. The predicted octanol–water partition coefficient (Wildman–Crippen LogP) is 2.89. The van der Waals surface area contributed by atoms with Gasteiger partial charge in [0.1, 0.15) is 5.54 Å². The Morgan fingerprint density at radius 3 is 2.05 bits per heavy atom. The molecular weight excluding hydrogens is 295 g/mol. The molecule has 1 aromatic rings. The van der Waals surface area contributed by atoms with E-state index in [1.807, 2.05) is 0 Å². The summed E-state index contributed by atoms with van der Waals surface area (Å²) in [4.78, 5) is 22.6. The standard InChI is InChI=1S/C12H12F3NO3S/c1-11(2,10(18)19)16-9(17)7-3-5-8(6-4-7)20-12(13,14)15/h3-6H,1-2H3,(H,16,17)(H,18,19). The molecule has 0 unspecified atom stereocenters. The Bertz CT molecular complexity index is 512. The van der Waals surface area contributed by atoms with Crippen LogP contribution in [0.3, 0.4) is 0 Å². The molecule has 0 aliphatic heterocycles. The van der Waals surface area contributed by atoms with Crippen LogP contribution in [0, 0.1) is 0 Å². The molecule has 0 aromatic heterocycles. The molecule has 0 bridgehead atoms. The SMILES string of the molecule is CC(C)(NC(=O)c1ccc(SC(F)(F)F)cc1)C(=O)O. The number of carboxylic acid groups (broad SMARTS) is 1. The average molecular weight is 307 g/mol. The lowest BCUT2D eigenvalue weighted by molar-refractivity contribution is -0.143. The second-order valence-electron chi connectivity index (χ2n) is 4.46. The maximum atomic E-state index is 12.1. The molecule has 0 saturated carbocycles. The van der Waals surface area contributed by atoms with E-state index in [1.165, 1.54) is 26.0 Å². The molecule has 8 heteroatoms. The van der Waals surface area contributed by atoms with Gasteiger partial charge in [-0.3, -0.25) is 4.79 Å². The number of hydrogen-bond acceptors (Lipinski definition) is 3. The van der Waals surface area contributed by atoms with Gasteiger partial charge in [-0.2, -0.15) is 13.2 Å². The lowest BCUT2D eigenvalue weighted by atomic mass is 10.1. The van der Waals surface area contributed by atoms with Gasteiger partial charge in [0.05, 0.1) is 0 Å². The van der Waals surface area contributed by atoms with Crippen LogP contribution in [0.4, 0.5) is 13.2 Å². The zero-order valence-electron chi connectivity index (χ0n) is 10.6. The molecule has 0 fully saturated rings. The number of aliphatic carboxylic acids is 1. The Morgan fingerprint density at radius 2 is 1.65 bits per heavy atom. The highest BCUT2D eigenvalue weighted by molar-refractivity contribution is 8.00. The first kappa shape index (κ1) is 16.4. The number of hydrogen-bond donors (Lipinski definition) is 2. The van der Waals surface area contributed by atoms with E-state index in [0.29, 0.717) is 0 Å². The van der Waals surface area contributed by atoms with E-state index in [9.17, 15) is 22.8 Å². The maximum absolute atomic E-state index is 12.1. The average Bonchev–Trinajstić information content (AvgIpc) is 2.26. The fraction of sp³-hybridized carbons (Fsp3) is 0.333. The Kier molecular flexibility index (Phi) is 4.69. The summed E-state index contributed by atoms with van der Waals surface area (Å²) in [6.45, 7) is 2.61. The van der Waals surface area contributed by atoms with Crippen LogP contribution in [0.5, 0.6) is 0 Å². The van der Waals surface area contributed by atoms with Crippen molar-refractivity contribution in [2.45, 2.75) is 29.8 Å². The number of carbonyl (C=O) groups excluding carboxylic acids is 1. The summed E-state index contributed by atoms with van der Waals surface area (Å²) in [6.07, 6.45) is 0. The lowest BCUT2D eigenvalue weighted by Gasteiger charge is -2.21. The van der Waals surface area contributed by atoms with Crippen molar-refractivity contribution >= 4 is 23.6 Å². The first-order valence-electron chi connectivity index (χ1n) is 5.43. The first-order chi connectivity index (χ1) is 9.01. The molecule has 2 N–H and O–H groups in total. The topological polar surface area (TPSA) is 66.4 Å². The number of benzene rings is 1. The largest absolute Gasteiger partial charge is 0.480 e. The fourth-order valence-electron chi connectivity index (χ4n) is 1.22. The summed E-state index contributed by atoms with van der Waals surface area (Å²) in [6, 6.07) is 4.73. The monoisotopic (exact) mass is 307 g/mol. The number of nitrogens with one attached hydrogen (secondary N) is 1. The lowest BCUT2D eigenvalue weighted by Crippen LogP contribution is -2.49. The molecule has 1 aromatic carbocycles. The minimum absolute atomic E-state index is 0.0495. The van der Waals surface area contributed by atoms with E-state index >= 15 is 0 Å². The molecule has 0 atom stereocenters. The summed E-state index contributed by atoms with van der Waals surface area (Å²) < 4.78 is 36.4. The Balaban J connectivity index is 2.79. The van der Waals surface area contributed by atoms with Gasteiger partial charge in [0, 0.05) is 10.5 Å². The van der Waals surface area contributed by atoms with Crippen LogP contribution in [0.1, 0.15) is 24.2 Å². The van der Waals surface area contributed by atoms with Crippen molar-refractivity contribution in [3.05, 3.63) is 29.8 Å². The molecule has 110 valence electrons. The molecule has 0 heterocycles. The van der Waals surface area contributed by atoms with E-state index < -0.39 is 22.9 Å². The molecule has 0 aliphatic rings. The number of thioether (sulfide) groups is 1. The number of alkyl halides is 3. The van der Waals surface area contributed by atoms with Crippen molar-refractivity contribution < 1.29 is 27.9 Å². The molecule has 1 rings (SSSR count). The van der Waals surface area contributed by atoms with Crippen LogP contribution in [0.2, 0.25) is 0 Å². The highest BCUT2D eigenvalue weighted by Gasteiger charge is 2.30. The van der Waals surface area contributed by atoms with Crippen molar-refractivity contribution in [3.8, 4) is 0 Å². The van der Waals surface area contributed by atoms with Gasteiger partial charge in [-0.1, -0.05) is 0 Å². The Hall–Kier alpha value is -1.70. The number of amides is 1. The normalized spacial score (nSPS) is 12.1. The molecule has 0 saturated heterocycles. The maximum Gasteiger partial charge on any atom is 0.446 e. The van der Waals surface area contributed by atoms with Crippen LogP contribution in [-0.2, 0) is 4.79 Å². The van der Waals surface area contributed by atoms with Crippen molar-refractivity contribution in [1.29, 1.82) is 0 Å². The Morgan fingerprint density at radius 1 is 1.15 bits per heavy atom. The number of halogens is 3. The number of carbonyl (C=O) groups is 2. The quantitative estimate of drug-likeness (QED) is 0.839. The summed E-state index contributed by atoms with van der Waals surface area (Å²) in [7, 11) is 0. The fourth-order valence-corrected chi connectivity index (χ4v) is 1.76. The zero-order chi connectivity index (χ0) is 15.6. The van der Waals surface area contributed by atoms with Crippen LogP contribution >= 0.6 is 11.8 Å².